The Balaban J connectivity index is 2.26. The third-order valence-electron chi connectivity index (χ3n) is 3.60. The molecule has 1 amide bonds. The zero-order chi connectivity index (χ0) is 17.2. The van der Waals surface area contributed by atoms with E-state index in [0.717, 1.165) is 22.7 Å². The summed E-state index contributed by atoms with van der Waals surface area (Å²) in [4.78, 5) is 22.5. The number of nitrogens with zero attached hydrogens (tertiary/aromatic N) is 2. The molecule has 8 nitrogen and oxygen atoms in total. The summed E-state index contributed by atoms with van der Waals surface area (Å²) in [6, 6.07) is 1.84. The van der Waals surface area contributed by atoms with E-state index in [-0.39, 0.29) is 12.2 Å². The Kier molecular flexibility index (Phi) is 4.95. The van der Waals surface area contributed by atoms with Crippen LogP contribution in [-0.4, -0.2) is 42.4 Å². The van der Waals surface area contributed by atoms with Gasteiger partial charge in [-0.1, -0.05) is 6.42 Å². The molecule has 126 valence electrons. The van der Waals surface area contributed by atoms with Crippen LogP contribution in [0.5, 0.6) is 0 Å². The monoisotopic (exact) mass is 345 g/mol. The van der Waals surface area contributed by atoms with Gasteiger partial charge in [-0.2, -0.15) is 4.31 Å². The lowest BCUT2D eigenvalue weighted by molar-refractivity contribution is -0.384. The molecule has 10 heteroatoms. The van der Waals surface area contributed by atoms with Crippen molar-refractivity contribution in [1.82, 2.24) is 4.31 Å². The molecule has 2 rings (SSSR count). The Bertz CT molecular complexity index is 737. The SMILES string of the molecule is CS(=O)(=O)N1CCCCC1C(=O)Nc1ccc(F)cc1[N+](=O)[O-]. The van der Waals surface area contributed by atoms with E-state index in [1.807, 2.05) is 0 Å². The number of nitrogens with one attached hydrogen (secondary N) is 1. The highest BCUT2D eigenvalue weighted by molar-refractivity contribution is 7.88. The van der Waals surface area contributed by atoms with Crippen molar-refractivity contribution in [3.05, 3.63) is 34.1 Å². The largest absolute Gasteiger partial charge is 0.319 e. The Morgan fingerprint density at radius 2 is 2.13 bits per heavy atom. The van der Waals surface area contributed by atoms with Crippen molar-refractivity contribution in [3.8, 4) is 0 Å². The minimum Gasteiger partial charge on any atom is -0.319 e. The van der Waals surface area contributed by atoms with E-state index < -0.39 is 38.4 Å². The average molecular weight is 345 g/mol. The van der Waals surface area contributed by atoms with E-state index in [1.165, 1.54) is 0 Å². The first kappa shape index (κ1) is 17.3. The summed E-state index contributed by atoms with van der Waals surface area (Å²) in [5, 5.41) is 13.3. The van der Waals surface area contributed by atoms with Crippen LogP contribution in [0.15, 0.2) is 18.2 Å². The van der Waals surface area contributed by atoms with Crippen LogP contribution in [0.25, 0.3) is 0 Å². The number of anilines is 1. The van der Waals surface area contributed by atoms with Gasteiger partial charge in [-0.05, 0) is 25.0 Å². The van der Waals surface area contributed by atoms with Crippen LogP contribution in [0.3, 0.4) is 0 Å². The average Bonchev–Trinajstić information content (AvgIpc) is 2.48. The third kappa shape index (κ3) is 4.02. The van der Waals surface area contributed by atoms with Crippen LogP contribution >= 0.6 is 0 Å². The van der Waals surface area contributed by atoms with E-state index in [1.54, 1.807) is 0 Å². The first-order valence-corrected chi connectivity index (χ1v) is 8.76. The topological polar surface area (TPSA) is 110 Å². The van der Waals surface area contributed by atoms with Crippen molar-refractivity contribution in [2.45, 2.75) is 25.3 Å². The molecule has 0 bridgehead atoms. The molecule has 1 atom stereocenters. The number of carbonyl (C=O) groups excluding carboxylic acids is 1. The number of carbonyl (C=O) groups is 1. The number of hydrogen-bond donors (Lipinski definition) is 1. The molecule has 0 spiro atoms. The molecule has 1 unspecified atom stereocenters. The number of nitro benzene ring substituents is 1. The lowest BCUT2D eigenvalue weighted by Gasteiger charge is -2.32. The van der Waals surface area contributed by atoms with Crippen LogP contribution in [0.2, 0.25) is 0 Å². The normalized spacial score (nSPS) is 19.3. The van der Waals surface area contributed by atoms with Crippen molar-refractivity contribution in [3.63, 3.8) is 0 Å². The quantitative estimate of drug-likeness (QED) is 0.657. The fraction of sp³-hybridized carbons (Fsp3) is 0.462. The lowest BCUT2D eigenvalue weighted by Crippen LogP contribution is -2.49. The molecule has 1 heterocycles. The van der Waals surface area contributed by atoms with E-state index in [9.17, 15) is 27.7 Å². The van der Waals surface area contributed by atoms with E-state index >= 15 is 0 Å². The summed E-state index contributed by atoms with van der Waals surface area (Å²) >= 11 is 0. The van der Waals surface area contributed by atoms with Crippen molar-refractivity contribution in [1.29, 1.82) is 0 Å². The van der Waals surface area contributed by atoms with Gasteiger partial charge in [-0.3, -0.25) is 14.9 Å². The second-order valence-electron chi connectivity index (χ2n) is 5.29. The highest BCUT2D eigenvalue weighted by Gasteiger charge is 2.35. The Morgan fingerprint density at radius 1 is 1.43 bits per heavy atom. The van der Waals surface area contributed by atoms with Gasteiger partial charge >= 0.3 is 0 Å². The molecule has 0 aromatic heterocycles. The van der Waals surface area contributed by atoms with Gasteiger partial charge in [0.2, 0.25) is 15.9 Å². The molecule has 0 saturated carbocycles. The molecular formula is C13H16FN3O5S. The number of rotatable bonds is 4. The molecule has 23 heavy (non-hydrogen) atoms. The number of halogens is 1. The van der Waals surface area contributed by atoms with Gasteiger partial charge in [0.1, 0.15) is 17.5 Å². The van der Waals surface area contributed by atoms with Gasteiger partial charge in [-0.25, -0.2) is 12.8 Å². The molecular weight excluding hydrogens is 329 g/mol. The summed E-state index contributed by atoms with van der Waals surface area (Å²) in [7, 11) is -3.57. The maximum Gasteiger partial charge on any atom is 0.295 e. The molecule has 1 saturated heterocycles. The zero-order valence-corrected chi connectivity index (χ0v) is 13.2. The van der Waals surface area contributed by atoms with Crippen LogP contribution < -0.4 is 5.32 Å². The van der Waals surface area contributed by atoms with Gasteiger partial charge in [-0.15, -0.1) is 0 Å². The smallest absolute Gasteiger partial charge is 0.295 e. The second kappa shape index (κ2) is 6.59. The molecule has 0 aliphatic carbocycles. The molecule has 1 aromatic carbocycles. The summed E-state index contributed by atoms with van der Waals surface area (Å²) in [5.41, 5.74) is -0.750. The molecule has 1 aromatic rings. The van der Waals surface area contributed by atoms with Crippen molar-refractivity contribution >= 4 is 27.3 Å². The standard InChI is InChI=1S/C13H16FN3O5S/c1-23(21,22)16-7-3-2-4-11(16)13(18)15-10-6-5-9(14)8-12(10)17(19)20/h5-6,8,11H,2-4,7H2,1H3,(H,15,18). The number of amides is 1. The van der Waals surface area contributed by atoms with Crippen LogP contribution in [0.4, 0.5) is 15.8 Å². The van der Waals surface area contributed by atoms with Crippen LogP contribution in [-0.2, 0) is 14.8 Å². The summed E-state index contributed by atoms with van der Waals surface area (Å²) in [6.45, 7) is 0.225. The van der Waals surface area contributed by atoms with E-state index in [4.69, 9.17) is 0 Å². The summed E-state index contributed by atoms with van der Waals surface area (Å²) < 4.78 is 37.7. The van der Waals surface area contributed by atoms with Crippen LogP contribution in [0, 0.1) is 15.9 Å². The summed E-state index contributed by atoms with van der Waals surface area (Å²) in [6.07, 6.45) is 2.66. The molecule has 1 fully saturated rings. The van der Waals surface area contributed by atoms with Crippen molar-refractivity contribution in [2.24, 2.45) is 0 Å². The van der Waals surface area contributed by atoms with Crippen LogP contribution in [0.1, 0.15) is 19.3 Å². The maximum atomic E-state index is 13.1. The minimum absolute atomic E-state index is 0.166. The van der Waals surface area contributed by atoms with E-state index in [0.29, 0.717) is 25.3 Å². The van der Waals surface area contributed by atoms with Crippen molar-refractivity contribution in [2.75, 3.05) is 18.1 Å². The first-order chi connectivity index (χ1) is 10.7. The number of piperidine rings is 1. The first-order valence-electron chi connectivity index (χ1n) is 6.92. The molecule has 0 radical (unpaired) electrons. The predicted octanol–water partition coefficient (Wildman–Crippen LogP) is 1.49. The number of sulfonamides is 1. The highest BCUT2D eigenvalue weighted by atomic mass is 32.2. The number of hydrogen-bond acceptors (Lipinski definition) is 5. The highest BCUT2D eigenvalue weighted by Crippen LogP contribution is 2.27. The minimum atomic E-state index is -3.57. The zero-order valence-electron chi connectivity index (χ0n) is 12.4. The Hall–Kier alpha value is -2.07. The number of nitro groups is 1. The van der Waals surface area contributed by atoms with Crippen molar-refractivity contribution < 1.29 is 22.5 Å². The molecule has 1 aliphatic rings. The third-order valence-corrected chi connectivity index (χ3v) is 4.89. The van der Waals surface area contributed by atoms with Gasteiger partial charge in [0.05, 0.1) is 17.2 Å². The summed E-state index contributed by atoms with van der Waals surface area (Å²) in [5.74, 6) is -1.46. The lowest BCUT2D eigenvalue weighted by atomic mass is 10.0. The second-order valence-corrected chi connectivity index (χ2v) is 7.23. The fourth-order valence-electron chi connectivity index (χ4n) is 2.54. The Labute approximate surface area is 132 Å². The Morgan fingerprint density at radius 3 is 2.74 bits per heavy atom. The fourth-order valence-corrected chi connectivity index (χ4v) is 3.67. The van der Waals surface area contributed by atoms with Gasteiger partial charge in [0, 0.05) is 6.54 Å². The van der Waals surface area contributed by atoms with Gasteiger partial charge in [0.15, 0.2) is 0 Å². The maximum absolute atomic E-state index is 13.1. The molecule has 1 N–H and O–H groups in total. The van der Waals surface area contributed by atoms with Gasteiger partial charge in [0.25, 0.3) is 5.69 Å². The molecule has 1 aliphatic heterocycles. The van der Waals surface area contributed by atoms with E-state index in [2.05, 4.69) is 5.32 Å². The number of benzene rings is 1. The predicted molar refractivity (Wildman–Crippen MR) is 80.9 cm³/mol. The van der Waals surface area contributed by atoms with Gasteiger partial charge < -0.3 is 5.32 Å².